The summed E-state index contributed by atoms with van der Waals surface area (Å²) in [7, 11) is 1.60. The molecule has 1 aromatic carbocycles. The maximum absolute atomic E-state index is 12.6. The van der Waals surface area contributed by atoms with Gasteiger partial charge >= 0.3 is 0 Å². The van der Waals surface area contributed by atoms with Gasteiger partial charge in [0.05, 0.1) is 0 Å². The number of nitrogens with one attached hydrogen (secondary N) is 3. The quantitative estimate of drug-likeness (QED) is 0.770. The highest BCUT2D eigenvalue weighted by molar-refractivity contribution is 5.97. The average Bonchev–Trinajstić information content (AvgIpc) is 3.10. The van der Waals surface area contributed by atoms with Crippen LogP contribution in [0.1, 0.15) is 12.8 Å². The van der Waals surface area contributed by atoms with Crippen LogP contribution in [0.3, 0.4) is 0 Å². The van der Waals surface area contributed by atoms with E-state index in [0.29, 0.717) is 12.8 Å². The fourth-order valence-electron chi connectivity index (χ4n) is 2.77. The number of imidazole rings is 1. The predicted molar refractivity (Wildman–Crippen MR) is 99.0 cm³/mol. The molecule has 2 heterocycles. The number of aromatic amines is 1. The molecule has 0 bridgehead atoms. The number of nitrogens with zero attached hydrogens (tertiary/aromatic N) is 1. The zero-order valence-corrected chi connectivity index (χ0v) is 15.0. The number of piperidine rings is 1. The molecule has 0 atom stereocenters. The number of methoxy groups -OCH3 is 1. The second kappa shape index (κ2) is 9.03. The molecule has 132 valence electrons. The highest BCUT2D eigenvalue weighted by atomic mass is 35.5. The number of rotatable bonds is 4. The lowest BCUT2D eigenvalue weighted by Gasteiger charge is -2.34. The van der Waals surface area contributed by atoms with Gasteiger partial charge in [-0.2, -0.15) is 0 Å². The molecule has 8 heteroatoms. The summed E-state index contributed by atoms with van der Waals surface area (Å²) >= 11 is 0. The minimum absolute atomic E-state index is 0. The van der Waals surface area contributed by atoms with Gasteiger partial charge < -0.3 is 20.4 Å². The summed E-state index contributed by atoms with van der Waals surface area (Å²) in [6, 6.07) is 7.62. The molecule has 1 aliphatic heterocycles. The molecule has 1 aromatic heterocycles. The Kier molecular flexibility index (Phi) is 7.69. The molecule has 0 aliphatic carbocycles. The molecule has 1 aliphatic rings. The SMILES string of the molecule is COC1(C(=O)Nc2cccc(-c3ncc[nH]3)c2)CCNCC1.Cl.Cl. The number of hydrogen-bond donors (Lipinski definition) is 3. The number of H-pyrrole nitrogens is 1. The van der Waals surface area contributed by atoms with Crippen molar-refractivity contribution < 1.29 is 9.53 Å². The Balaban J connectivity index is 0.00000144. The Hall–Kier alpha value is -1.60. The number of anilines is 1. The largest absolute Gasteiger partial charge is 0.368 e. The molecule has 0 saturated carbocycles. The third-order valence-electron chi connectivity index (χ3n) is 4.11. The number of carbonyl (C=O) groups is 1. The third-order valence-corrected chi connectivity index (χ3v) is 4.11. The van der Waals surface area contributed by atoms with Crippen molar-refractivity contribution in [3.63, 3.8) is 0 Å². The molecule has 2 aromatic rings. The first-order valence-electron chi connectivity index (χ1n) is 7.41. The van der Waals surface area contributed by atoms with Crippen LogP contribution in [0, 0.1) is 0 Å². The topological polar surface area (TPSA) is 79.0 Å². The molecule has 0 radical (unpaired) electrons. The Labute approximate surface area is 153 Å². The van der Waals surface area contributed by atoms with E-state index in [2.05, 4.69) is 20.6 Å². The van der Waals surface area contributed by atoms with Crippen LogP contribution in [0.2, 0.25) is 0 Å². The van der Waals surface area contributed by atoms with Gasteiger partial charge in [0, 0.05) is 30.8 Å². The van der Waals surface area contributed by atoms with Crippen LogP contribution in [0.4, 0.5) is 5.69 Å². The molecule has 3 N–H and O–H groups in total. The van der Waals surface area contributed by atoms with E-state index in [9.17, 15) is 4.79 Å². The summed E-state index contributed by atoms with van der Waals surface area (Å²) in [6.45, 7) is 1.57. The van der Waals surface area contributed by atoms with E-state index in [1.54, 1.807) is 19.5 Å². The van der Waals surface area contributed by atoms with Crippen molar-refractivity contribution in [2.24, 2.45) is 0 Å². The first kappa shape index (κ1) is 20.4. The van der Waals surface area contributed by atoms with E-state index >= 15 is 0 Å². The van der Waals surface area contributed by atoms with Crippen molar-refractivity contribution in [3.8, 4) is 11.4 Å². The van der Waals surface area contributed by atoms with Crippen LogP contribution < -0.4 is 10.6 Å². The van der Waals surface area contributed by atoms with Gasteiger partial charge in [0.1, 0.15) is 11.4 Å². The van der Waals surface area contributed by atoms with Crippen molar-refractivity contribution in [1.29, 1.82) is 0 Å². The van der Waals surface area contributed by atoms with E-state index in [4.69, 9.17) is 4.74 Å². The molecule has 0 spiro atoms. The molecular formula is C16H22Cl2N4O2. The maximum atomic E-state index is 12.6. The van der Waals surface area contributed by atoms with Gasteiger partial charge in [-0.1, -0.05) is 12.1 Å². The van der Waals surface area contributed by atoms with Gasteiger partial charge in [0.15, 0.2) is 0 Å². The molecule has 1 amide bonds. The summed E-state index contributed by atoms with van der Waals surface area (Å²) in [5, 5.41) is 6.22. The van der Waals surface area contributed by atoms with Crippen molar-refractivity contribution >= 4 is 36.4 Å². The lowest BCUT2D eigenvalue weighted by Crippen LogP contribution is -2.51. The normalized spacial score (nSPS) is 15.7. The Morgan fingerprint density at radius 1 is 1.29 bits per heavy atom. The van der Waals surface area contributed by atoms with Crippen molar-refractivity contribution in [3.05, 3.63) is 36.7 Å². The fraction of sp³-hybridized carbons (Fsp3) is 0.375. The van der Waals surface area contributed by atoms with Gasteiger partial charge in [0.25, 0.3) is 5.91 Å². The molecule has 24 heavy (non-hydrogen) atoms. The number of halogens is 2. The van der Waals surface area contributed by atoms with Gasteiger partial charge in [-0.25, -0.2) is 4.98 Å². The predicted octanol–water partition coefficient (Wildman–Crippen LogP) is 2.63. The van der Waals surface area contributed by atoms with E-state index in [-0.39, 0.29) is 30.7 Å². The summed E-state index contributed by atoms with van der Waals surface area (Å²) in [4.78, 5) is 19.9. The van der Waals surface area contributed by atoms with E-state index in [0.717, 1.165) is 30.2 Å². The number of carbonyl (C=O) groups excluding carboxylic acids is 1. The third kappa shape index (κ3) is 4.27. The van der Waals surface area contributed by atoms with Crippen molar-refractivity contribution in [2.45, 2.75) is 18.4 Å². The second-order valence-electron chi connectivity index (χ2n) is 5.42. The molecule has 6 nitrogen and oxygen atoms in total. The standard InChI is InChI=1S/C16H20N4O2.2ClH/c1-22-16(5-7-17-8-6-16)15(21)20-13-4-2-3-12(11-13)14-18-9-10-19-14;;/h2-4,9-11,17H,5-8H2,1H3,(H,18,19)(H,20,21);2*1H. The molecule has 1 fully saturated rings. The van der Waals surface area contributed by atoms with Gasteiger partial charge in [-0.05, 0) is 38.1 Å². The fourth-order valence-corrected chi connectivity index (χ4v) is 2.77. The van der Waals surface area contributed by atoms with E-state index < -0.39 is 5.60 Å². The second-order valence-corrected chi connectivity index (χ2v) is 5.42. The van der Waals surface area contributed by atoms with Crippen LogP contribution in [0.25, 0.3) is 11.4 Å². The van der Waals surface area contributed by atoms with Gasteiger partial charge in [0.2, 0.25) is 0 Å². The van der Waals surface area contributed by atoms with Crippen LogP contribution in [-0.2, 0) is 9.53 Å². The van der Waals surface area contributed by atoms with Crippen LogP contribution in [0.5, 0.6) is 0 Å². The number of aromatic nitrogens is 2. The van der Waals surface area contributed by atoms with Crippen LogP contribution in [-0.4, -0.2) is 41.7 Å². The van der Waals surface area contributed by atoms with E-state index in [1.807, 2.05) is 24.3 Å². The van der Waals surface area contributed by atoms with Gasteiger partial charge in [-0.15, -0.1) is 24.8 Å². The minimum atomic E-state index is -0.744. The lowest BCUT2D eigenvalue weighted by atomic mass is 9.91. The smallest absolute Gasteiger partial charge is 0.256 e. The monoisotopic (exact) mass is 372 g/mol. The number of amides is 1. The zero-order chi connectivity index (χ0) is 15.4. The number of ether oxygens (including phenoxy) is 1. The van der Waals surface area contributed by atoms with Crippen molar-refractivity contribution in [1.82, 2.24) is 15.3 Å². The Morgan fingerprint density at radius 2 is 2.04 bits per heavy atom. The van der Waals surface area contributed by atoms with Crippen LogP contribution >= 0.6 is 24.8 Å². The van der Waals surface area contributed by atoms with Crippen LogP contribution in [0.15, 0.2) is 36.7 Å². The van der Waals surface area contributed by atoms with E-state index in [1.165, 1.54) is 0 Å². The molecule has 0 unspecified atom stereocenters. The lowest BCUT2D eigenvalue weighted by molar-refractivity contribution is -0.140. The van der Waals surface area contributed by atoms with Crippen molar-refractivity contribution in [2.75, 3.05) is 25.5 Å². The van der Waals surface area contributed by atoms with Gasteiger partial charge in [-0.3, -0.25) is 4.79 Å². The number of benzene rings is 1. The molecular weight excluding hydrogens is 351 g/mol. The Morgan fingerprint density at radius 3 is 2.67 bits per heavy atom. The molecule has 3 rings (SSSR count). The Bertz CT molecular complexity index is 643. The molecule has 1 saturated heterocycles. The summed E-state index contributed by atoms with van der Waals surface area (Å²) < 4.78 is 5.54. The summed E-state index contributed by atoms with van der Waals surface area (Å²) in [5.41, 5.74) is 0.930. The number of hydrogen-bond acceptors (Lipinski definition) is 4. The highest BCUT2D eigenvalue weighted by Crippen LogP contribution is 2.26. The first-order chi connectivity index (χ1) is 10.7. The minimum Gasteiger partial charge on any atom is -0.368 e. The summed E-state index contributed by atoms with van der Waals surface area (Å²) in [6.07, 6.45) is 4.82. The highest BCUT2D eigenvalue weighted by Gasteiger charge is 2.39. The first-order valence-corrected chi connectivity index (χ1v) is 7.41. The average molecular weight is 373 g/mol. The zero-order valence-electron chi connectivity index (χ0n) is 13.4. The summed E-state index contributed by atoms with van der Waals surface area (Å²) in [5.74, 6) is 0.688. The maximum Gasteiger partial charge on any atom is 0.256 e.